The Morgan fingerprint density at radius 2 is 2.23 bits per heavy atom. The third-order valence-electron chi connectivity index (χ3n) is 2.92. The Kier molecular flexibility index (Phi) is 4.62. The molecule has 0 spiro atoms. The monoisotopic (exact) mass is 321 g/mol. The number of aromatic nitrogens is 1. The molecule has 116 valence electrons. The molecule has 0 fully saturated rings. The molecule has 4 N–H and O–H groups in total. The van der Waals surface area contributed by atoms with Gasteiger partial charge in [0.25, 0.3) is 0 Å². The highest BCUT2D eigenvalue weighted by molar-refractivity contribution is 7.22. The van der Waals surface area contributed by atoms with Crippen LogP contribution in [0.25, 0.3) is 10.2 Å². The van der Waals surface area contributed by atoms with E-state index in [0.717, 1.165) is 10.2 Å². The Balaban J connectivity index is 2.31. The summed E-state index contributed by atoms with van der Waals surface area (Å²) in [6.07, 6.45) is 1.19. The molecule has 0 saturated heterocycles. The molecule has 1 aromatic carbocycles. The number of methoxy groups -OCH3 is 1. The van der Waals surface area contributed by atoms with E-state index in [4.69, 9.17) is 5.73 Å². The Hall–Kier alpha value is -2.61. The largest absolute Gasteiger partial charge is 0.479 e. The van der Waals surface area contributed by atoms with Crippen molar-refractivity contribution in [3.63, 3.8) is 0 Å². The summed E-state index contributed by atoms with van der Waals surface area (Å²) in [4.78, 5) is 26.8. The highest BCUT2D eigenvalue weighted by Crippen LogP contribution is 2.27. The molecule has 2 rings (SSSR count). The minimum Gasteiger partial charge on any atom is -0.479 e. The number of carboxylic acid groups (broad SMARTS) is 1. The lowest BCUT2D eigenvalue weighted by Crippen LogP contribution is -2.27. The molecule has 0 unspecified atom stereocenters. The second kappa shape index (κ2) is 6.44. The first-order chi connectivity index (χ1) is 10.4. The fraction of sp³-hybridized carbons (Fsp3) is 0.214. The number of carbonyl (C=O) groups excluding carboxylic acids is 1. The topological polar surface area (TPSA) is 115 Å². The fourth-order valence-corrected chi connectivity index (χ4v) is 2.71. The minimum absolute atomic E-state index is 0.392. The number of thiazole rings is 1. The van der Waals surface area contributed by atoms with Gasteiger partial charge in [-0.25, -0.2) is 14.6 Å². The first kappa shape index (κ1) is 15.8. The number of nitrogens with one attached hydrogen (secondary N) is 1. The van der Waals surface area contributed by atoms with Crippen molar-refractivity contribution >= 4 is 38.6 Å². The van der Waals surface area contributed by atoms with Crippen molar-refractivity contribution in [2.75, 3.05) is 12.8 Å². The van der Waals surface area contributed by atoms with Crippen molar-refractivity contribution in [3.8, 4) is 0 Å². The van der Waals surface area contributed by atoms with Crippen molar-refractivity contribution in [1.29, 1.82) is 0 Å². The summed E-state index contributed by atoms with van der Waals surface area (Å²) in [5.74, 6) is -1.62. The van der Waals surface area contributed by atoms with Crippen LogP contribution >= 0.6 is 11.3 Å². The molecule has 0 aliphatic carbocycles. The van der Waals surface area contributed by atoms with E-state index in [-0.39, 0.29) is 0 Å². The lowest BCUT2D eigenvalue weighted by molar-refractivity contribution is -0.139. The number of esters is 1. The van der Waals surface area contributed by atoms with Gasteiger partial charge in [-0.1, -0.05) is 17.4 Å². The maximum Gasteiger partial charge on any atom is 0.332 e. The first-order valence-corrected chi connectivity index (χ1v) is 7.14. The van der Waals surface area contributed by atoms with Gasteiger partial charge in [-0.05, 0) is 24.6 Å². The van der Waals surface area contributed by atoms with Gasteiger partial charge in [0.1, 0.15) is 6.04 Å². The molecule has 1 heterocycles. The second-order valence-electron chi connectivity index (χ2n) is 4.55. The van der Waals surface area contributed by atoms with E-state index in [1.54, 1.807) is 25.1 Å². The van der Waals surface area contributed by atoms with E-state index in [9.17, 15) is 14.7 Å². The number of rotatable bonds is 5. The highest BCUT2D eigenvalue weighted by atomic mass is 32.1. The number of nitrogens with zero attached hydrogens (tertiary/aromatic N) is 1. The molecular weight excluding hydrogens is 306 g/mol. The Morgan fingerprint density at radius 1 is 1.50 bits per heavy atom. The van der Waals surface area contributed by atoms with E-state index >= 15 is 0 Å². The summed E-state index contributed by atoms with van der Waals surface area (Å²) in [7, 11) is 1.25. The van der Waals surface area contributed by atoms with Gasteiger partial charge >= 0.3 is 11.9 Å². The number of aliphatic carboxylic acids is 1. The number of carbonyl (C=O) groups is 2. The van der Waals surface area contributed by atoms with Gasteiger partial charge in [-0.15, -0.1) is 0 Å². The van der Waals surface area contributed by atoms with Crippen LogP contribution in [-0.2, 0) is 14.3 Å². The van der Waals surface area contributed by atoms with Gasteiger partial charge < -0.3 is 20.9 Å². The molecule has 22 heavy (non-hydrogen) atoms. The van der Waals surface area contributed by atoms with Gasteiger partial charge in [-0.2, -0.15) is 0 Å². The molecule has 0 saturated carbocycles. The van der Waals surface area contributed by atoms with Gasteiger partial charge in [0.15, 0.2) is 5.13 Å². The van der Waals surface area contributed by atoms with Gasteiger partial charge in [0, 0.05) is 11.8 Å². The van der Waals surface area contributed by atoms with E-state index in [0.29, 0.717) is 16.4 Å². The van der Waals surface area contributed by atoms with Crippen LogP contribution in [0, 0.1) is 0 Å². The predicted octanol–water partition coefficient (Wildman–Crippen LogP) is 1.67. The third-order valence-corrected chi connectivity index (χ3v) is 3.76. The number of ether oxygens (including phenoxy) is 1. The van der Waals surface area contributed by atoms with Crippen molar-refractivity contribution in [1.82, 2.24) is 10.3 Å². The summed E-state index contributed by atoms with van der Waals surface area (Å²) in [6, 6.07) is 4.11. The zero-order valence-corrected chi connectivity index (χ0v) is 12.8. The normalized spacial score (nSPS) is 12.9. The molecule has 8 heteroatoms. The summed E-state index contributed by atoms with van der Waals surface area (Å²) in [5, 5.41) is 12.6. The van der Waals surface area contributed by atoms with Crippen molar-refractivity contribution in [3.05, 3.63) is 35.5 Å². The average molecular weight is 321 g/mol. The molecule has 2 aromatic rings. The summed E-state index contributed by atoms with van der Waals surface area (Å²) >= 11 is 1.29. The number of fused-ring (bicyclic) bond motifs is 1. The number of anilines is 1. The maximum absolute atomic E-state index is 11.5. The molecule has 1 aromatic heterocycles. The molecule has 0 radical (unpaired) electrons. The minimum atomic E-state index is -1.06. The number of hydrogen-bond donors (Lipinski definition) is 3. The Morgan fingerprint density at radius 3 is 2.86 bits per heavy atom. The van der Waals surface area contributed by atoms with Crippen LogP contribution in [-0.4, -0.2) is 29.1 Å². The molecular formula is C14H15N3O4S. The van der Waals surface area contributed by atoms with Crippen LogP contribution in [0.1, 0.15) is 18.5 Å². The lowest BCUT2D eigenvalue weighted by atomic mass is 10.1. The van der Waals surface area contributed by atoms with E-state index in [1.807, 2.05) is 0 Å². The lowest BCUT2D eigenvalue weighted by Gasteiger charge is -2.16. The maximum atomic E-state index is 11.5. The van der Waals surface area contributed by atoms with Crippen molar-refractivity contribution in [2.24, 2.45) is 0 Å². The number of carboxylic acids is 1. The zero-order valence-electron chi connectivity index (χ0n) is 12.0. The standard InChI is InChI=1S/C14H15N3O4S/c1-7(5-11(18)21-2)16-12(13(19)20)8-3-4-9-10(6-8)22-14(15)17-9/h3-6,12,16H,1-2H3,(H2,15,17)(H,19,20)/t12-/m1/s1. The number of allylic oxidation sites excluding steroid dienone is 1. The number of hydrogen-bond acceptors (Lipinski definition) is 7. The average Bonchev–Trinajstić information content (AvgIpc) is 2.83. The van der Waals surface area contributed by atoms with Crippen molar-refractivity contribution < 1.29 is 19.4 Å². The first-order valence-electron chi connectivity index (χ1n) is 6.32. The van der Waals surface area contributed by atoms with Crippen LogP contribution in [0.3, 0.4) is 0 Å². The molecule has 0 aliphatic heterocycles. The Bertz CT molecular complexity index is 754. The quantitative estimate of drug-likeness (QED) is 0.567. The zero-order chi connectivity index (χ0) is 16.3. The number of nitrogen functional groups attached to an aromatic ring is 1. The third kappa shape index (κ3) is 3.53. The van der Waals surface area contributed by atoms with E-state index < -0.39 is 18.0 Å². The van der Waals surface area contributed by atoms with Crippen molar-refractivity contribution in [2.45, 2.75) is 13.0 Å². The van der Waals surface area contributed by atoms with E-state index in [1.165, 1.54) is 24.5 Å². The van der Waals surface area contributed by atoms with Gasteiger partial charge in [0.2, 0.25) is 0 Å². The van der Waals surface area contributed by atoms with Gasteiger partial charge in [-0.3, -0.25) is 0 Å². The fourth-order valence-electron chi connectivity index (χ4n) is 1.93. The molecule has 0 bridgehead atoms. The van der Waals surface area contributed by atoms with Gasteiger partial charge in [0.05, 0.1) is 17.3 Å². The van der Waals surface area contributed by atoms with Crippen LogP contribution in [0.4, 0.5) is 5.13 Å². The number of benzene rings is 1. The van der Waals surface area contributed by atoms with Crippen LogP contribution in [0.2, 0.25) is 0 Å². The Labute approximate surface area is 130 Å². The van der Waals surface area contributed by atoms with E-state index in [2.05, 4.69) is 15.0 Å². The predicted molar refractivity (Wildman–Crippen MR) is 83.3 cm³/mol. The van der Waals surface area contributed by atoms with Crippen LogP contribution < -0.4 is 11.1 Å². The smallest absolute Gasteiger partial charge is 0.332 e. The number of nitrogens with two attached hydrogens (primary N) is 1. The molecule has 7 nitrogen and oxygen atoms in total. The summed E-state index contributed by atoms with van der Waals surface area (Å²) in [5.41, 5.74) is 7.30. The van der Waals surface area contributed by atoms with Crippen LogP contribution in [0.5, 0.6) is 0 Å². The highest BCUT2D eigenvalue weighted by Gasteiger charge is 2.20. The molecule has 1 atom stereocenters. The van der Waals surface area contributed by atoms with Crippen LogP contribution in [0.15, 0.2) is 30.0 Å². The SMILES string of the molecule is COC(=O)C=C(C)N[C@@H](C(=O)O)c1ccc2nc(N)sc2c1. The summed E-state index contributed by atoms with van der Waals surface area (Å²) in [6.45, 7) is 1.59. The summed E-state index contributed by atoms with van der Waals surface area (Å²) < 4.78 is 5.31. The molecule has 0 amide bonds. The molecule has 0 aliphatic rings. The second-order valence-corrected chi connectivity index (χ2v) is 5.61.